The molecule has 0 atom stereocenters. The molecule has 0 unspecified atom stereocenters. The molecule has 0 spiro atoms. The third kappa shape index (κ3) is 4.60. The first-order valence-corrected chi connectivity index (χ1v) is 9.79. The van der Waals surface area contributed by atoms with Crippen molar-refractivity contribution in [3.63, 3.8) is 0 Å². The van der Waals surface area contributed by atoms with E-state index >= 15 is 0 Å². The first-order chi connectivity index (χ1) is 12.8. The summed E-state index contributed by atoms with van der Waals surface area (Å²) >= 11 is 0. The Kier molecular flexibility index (Phi) is 5.38. The van der Waals surface area contributed by atoms with E-state index < -0.39 is 16.0 Å². The van der Waals surface area contributed by atoms with Crippen LogP contribution in [-0.2, 0) is 21.2 Å². The quantitative estimate of drug-likeness (QED) is 0.643. The third-order valence-corrected chi connectivity index (χ3v) is 4.87. The van der Waals surface area contributed by atoms with E-state index in [1.165, 1.54) is 12.1 Å². The maximum atomic E-state index is 11.4. The van der Waals surface area contributed by atoms with Crippen molar-refractivity contribution in [2.75, 3.05) is 0 Å². The number of aromatic nitrogens is 1. The van der Waals surface area contributed by atoms with Gasteiger partial charge >= 0.3 is 5.97 Å². The highest BCUT2D eigenvalue weighted by Gasteiger charge is 2.18. The number of nitrogens with zero attached hydrogens (tertiary/aromatic N) is 1. The molecule has 1 aromatic heterocycles. The molecule has 2 aromatic carbocycles. The molecule has 8 heteroatoms. The first-order valence-electron chi connectivity index (χ1n) is 8.25. The fourth-order valence-corrected chi connectivity index (χ4v) is 3.16. The number of sulfonamides is 1. The molecule has 0 fully saturated rings. The van der Waals surface area contributed by atoms with Gasteiger partial charge in [0.1, 0.15) is 5.69 Å². The Morgan fingerprint density at radius 2 is 1.70 bits per heavy atom. The molecule has 140 valence electrons. The van der Waals surface area contributed by atoms with Gasteiger partial charge in [-0.1, -0.05) is 42.5 Å². The maximum Gasteiger partial charge on any atom is 0.303 e. The number of aryl methyl sites for hydroxylation is 1. The molecule has 0 bridgehead atoms. The van der Waals surface area contributed by atoms with Crippen molar-refractivity contribution in [3.05, 3.63) is 60.5 Å². The molecule has 0 aliphatic heterocycles. The Morgan fingerprint density at radius 1 is 1.04 bits per heavy atom. The Morgan fingerprint density at radius 3 is 2.30 bits per heavy atom. The number of carbonyl (C=O) groups is 1. The van der Waals surface area contributed by atoms with E-state index in [2.05, 4.69) is 4.98 Å². The van der Waals surface area contributed by atoms with Gasteiger partial charge in [-0.15, -0.1) is 0 Å². The van der Waals surface area contributed by atoms with Gasteiger partial charge in [0, 0.05) is 24.0 Å². The van der Waals surface area contributed by atoms with Crippen LogP contribution in [0.15, 0.2) is 63.9 Å². The molecule has 0 aliphatic carbocycles. The average molecular weight is 386 g/mol. The van der Waals surface area contributed by atoms with Crippen molar-refractivity contribution in [2.24, 2.45) is 5.14 Å². The van der Waals surface area contributed by atoms with Crippen molar-refractivity contribution < 1.29 is 22.7 Å². The van der Waals surface area contributed by atoms with E-state index in [4.69, 9.17) is 14.7 Å². The van der Waals surface area contributed by atoms with Gasteiger partial charge in [-0.25, -0.2) is 18.5 Å². The van der Waals surface area contributed by atoms with Gasteiger partial charge in [0.05, 0.1) is 4.90 Å². The predicted molar refractivity (Wildman–Crippen MR) is 99.3 cm³/mol. The Labute approximate surface area is 156 Å². The summed E-state index contributed by atoms with van der Waals surface area (Å²) < 4.78 is 28.8. The summed E-state index contributed by atoms with van der Waals surface area (Å²) in [5.41, 5.74) is 2.06. The average Bonchev–Trinajstić information content (AvgIpc) is 3.06. The van der Waals surface area contributed by atoms with Crippen LogP contribution in [0, 0.1) is 0 Å². The second-order valence-electron chi connectivity index (χ2n) is 5.97. The van der Waals surface area contributed by atoms with Crippen LogP contribution in [-0.4, -0.2) is 24.5 Å². The van der Waals surface area contributed by atoms with Crippen molar-refractivity contribution in [2.45, 2.75) is 24.2 Å². The number of nitrogens with two attached hydrogens (primary N) is 1. The van der Waals surface area contributed by atoms with E-state index in [-0.39, 0.29) is 11.3 Å². The Hall–Kier alpha value is -2.97. The molecule has 7 nitrogen and oxygen atoms in total. The van der Waals surface area contributed by atoms with Gasteiger partial charge in [-0.05, 0) is 18.6 Å². The predicted octanol–water partition coefficient (Wildman–Crippen LogP) is 3.06. The SMILES string of the molecule is NS(=O)(=O)c1ccc(-c2nc(CCCC(=O)O)oc2-c2ccccc2)cc1. The molecule has 0 saturated carbocycles. The number of rotatable bonds is 7. The molecule has 3 N–H and O–H groups in total. The van der Waals surface area contributed by atoms with E-state index in [9.17, 15) is 13.2 Å². The lowest BCUT2D eigenvalue weighted by Gasteiger charge is -2.03. The zero-order valence-electron chi connectivity index (χ0n) is 14.3. The van der Waals surface area contributed by atoms with Crippen LogP contribution in [0.2, 0.25) is 0 Å². The third-order valence-electron chi connectivity index (χ3n) is 3.95. The second kappa shape index (κ2) is 7.73. The van der Waals surface area contributed by atoms with E-state index in [0.29, 0.717) is 35.7 Å². The lowest BCUT2D eigenvalue weighted by atomic mass is 10.1. The van der Waals surface area contributed by atoms with Crippen molar-refractivity contribution in [1.82, 2.24) is 4.98 Å². The van der Waals surface area contributed by atoms with Gasteiger partial charge < -0.3 is 9.52 Å². The Balaban J connectivity index is 1.99. The van der Waals surface area contributed by atoms with E-state index in [1.807, 2.05) is 30.3 Å². The summed E-state index contributed by atoms with van der Waals surface area (Å²) in [6, 6.07) is 15.4. The lowest BCUT2D eigenvalue weighted by molar-refractivity contribution is -0.137. The van der Waals surface area contributed by atoms with Crippen LogP contribution in [0.4, 0.5) is 0 Å². The fourth-order valence-electron chi connectivity index (χ4n) is 2.65. The van der Waals surface area contributed by atoms with Gasteiger partial charge in [0.15, 0.2) is 11.7 Å². The number of oxazole rings is 1. The number of hydrogen-bond acceptors (Lipinski definition) is 5. The summed E-state index contributed by atoms with van der Waals surface area (Å²) in [4.78, 5) is 15.2. The monoisotopic (exact) mass is 386 g/mol. The maximum absolute atomic E-state index is 11.4. The number of benzene rings is 2. The summed E-state index contributed by atoms with van der Waals surface area (Å²) in [6.07, 6.45) is 0.830. The molecule has 1 heterocycles. The zero-order chi connectivity index (χ0) is 19.4. The molecule has 3 rings (SSSR count). The summed E-state index contributed by atoms with van der Waals surface area (Å²) in [5, 5.41) is 13.9. The van der Waals surface area contributed by atoms with Gasteiger partial charge in [0.2, 0.25) is 10.0 Å². The van der Waals surface area contributed by atoms with Crippen molar-refractivity contribution in [1.29, 1.82) is 0 Å². The molecular formula is C19H18N2O5S. The van der Waals surface area contributed by atoms with Crippen LogP contribution in [0.3, 0.4) is 0 Å². The molecule has 0 aliphatic rings. The van der Waals surface area contributed by atoms with Gasteiger partial charge in [0.25, 0.3) is 0 Å². The number of hydrogen-bond donors (Lipinski definition) is 2. The summed E-state index contributed by atoms with van der Waals surface area (Å²) in [6.45, 7) is 0. The normalized spacial score (nSPS) is 11.4. The number of primary sulfonamides is 1. The number of aliphatic carboxylic acids is 1. The standard InChI is InChI=1S/C19H18N2O5S/c20-27(24,25)15-11-9-13(10-12-15)18-19(14-5-2-1-3-6-14)26-16(21-18)7-4-8-17(22)23/h1-3,5-6,9-12H,4,7-8H2,(H,22,23)(H2,20,24,25). The first kappa shape index (κ1) is 18.8. The molecule has 27 heavy (non-hydrogen) atoms. The smallest absolute Gasteiger partial charge is 0.303 e. The van der Waals surface area contributed by atoms with Crippen LogP contribution in [0.25, 0.3) is 22.6 Å². The van der Waals surface area contributed by atoms with Crippen LogP contribution < -0.4 is 5.14 Å². The topological polar surface area (TPSA) is 123 Å². The molecule has 0 amide bonds. The fraction of sp³-hybridized carbons (Fsp3) is 0.158. The minimum Gasteiger partial charge on any atom is -0.481 e. The second-order valence-corrected chi connectivity index (χ2v) is 7.53. The highest BCUT2D eigenvalue weighted by atomic mass is 32.2. The molecular weight excluding hydrogens is 368 g/mol. The largest absolute Gasteiger partial charge is 0.481 e. The number of carboxylic acids is 1. The number of carboxylic acid groups (broad SMARTS) is 1. The van der Waals surface area contributed by atoms with Gasteiger partial charge in [-0.2, -0.15) is 0 Å². The minimum absolute atomic E-state index is 0.0117. The summed E-state index contributed by atoms with van der Waals surface area (Å²) in [7, 11) is -3.78. The van der Waals surface area contributed by atoms with E-state index in [1.54, 1.807) is 12.1 Å². The van der Waals surface area contributed by atoms with Crippen molar-refractivity contribution >= 4 is 16.0 Å². The van der Waals surface area contributed by atoms with Crippen LogP contribution in [0.5, 0.6) is 0 Å². The Bertz CT molecular complexity index is 1040. The van der Waals surface area contributed by atoms with Gasteiger partial charge in [-0.3, -0.25) is 4.79 Å². The van der Waals surface area contributed by atoms with Crippen molar-refractivity contribution in [3.8, 4) is 22.6 Å². The summed E-state index contributed by atoms with van der Waals surface area (Å²) in [5.74, 6) is 0.105. The van der Waals surface area contributed by atoms with E-state index in [0.717, 1.165) is 5.56 Å². The lowest BCUT2D eigenvalue weighted by Crippen LogP contribution is -2.11. The molecule has 3 aromatic rings. The van der Waals surface area contributed by atoms with Crippen LogP contribution >= 0.6 is 0 Å². The molecule has 0 radical (unpaired) electrons. The highest BCUT2D eigenvalue weighted by Crippen LogP contribution is 2.33. The molecule has 0 saturated heterocycles. The minimum atomic E-state index is -3.78. The van der Waals surface area contributed by atoms with Crippen LogP contribution in [0.1, 0.15) is 18.7 Å². The zero-order valence-corrected chi connectivity index (χ0v) is 15.1. The highest BCUT2D eigenvalue weighted by molar-refractivity contribution is 7.89.